The fourth-order valence-corrected chi connectivity index (χ4v) is 4.43. The molecule has 6 nitrogen and oxygen atoms in total. The number of benzene rings is 2. The molecule has 0 spiro atoms. The van der Waals surface area contributed by atoms with E-state index >= 15 is 0 Å². The second-order valence-electron chi connectivity index (χ2n) is 8.01. The zero-order valence-electron chi connectivity index (χ0n) is 18.8. The van der Waals surface area contributed by atoms with Crippen LogP contribution in [0.4, 0.5) is 4.39 Å². The number of imidazole rings is 1. The summed E-state index contributed by atoms with van der Waals surface area (Å²) >= 11 is 0. The number of hydrogen-bond acceptors (Lipinski definition) is 5. The Morgan fingerprint density at radius 2 is 1.85 bits per heavy atom. The molecule has 0 saturated heterocycles. The number of halogens is 1. The number of rotatable bonds is 6. The van der Waals surface area contributed by atoms with Gasteiger partial charge in [-0.3, -0.25) is 4.98 Å². The average Bonchev–Trinajstić information content (AvgIpc) is 3.34. The average molecular weight is 455 g/mol. The van der Waals surface area contributed by atoms with Gasteiger partial charge in [-0.2, -0.15) is 0 Å². The van der Waals surface area contributed by atoms with Crippen molar-refractivity contribution in [1.29, 1.82) is 0 Å². The summed E-state index contributed by atoms with van der Waals surface area (Å²) in [6, 6.07) is 20.2. The highest BCUT2D eigenvalue weighted by Crippen LogP contribution is 2.42. The number of fused-ring (bicyclic) bond motifs is 1. The maximum atomic E-state index is 14.1. The van der Waals surface area contributed by atoms with Crippen molar-refractivity contribution in [3.8, 4) is 16.9 Å². The molecule has 5 rings (SSSR count). The first-order valence-corrected chi connectivity index (χ1v) is 10.8. The van der Waals surface area contributed by atoms with Gasteiger partial charge in [0.05, 0.1) is 42.2 Å². The molecule has 1 atom stereocenters. The van der Waals surface area contributed by atoms with Gasteiger partial charge in [0.1, 0.15) is 12.4 Å². The monoisotopic (exact) mass is 454 g/mol. The summed E-state index contributed by atoms with van der Waals surface area (Å²) in [5.41, 5.74) is 2.26. The normalized spacial score (nSPS) is 13.1. The molecule has 1 unspecified atom stereocenters. The van der Waals surface area contributed by atoms with Gasteiger partial charge in [0.2, 0.25) is 0 Å². The van der Waals surface area contributed by atoms with Crippen molar-refractivity contribution in [2.45, 2.75) is 12.3 Å². The Bertz CT molecular complexity index is 1450. The minimum Gasteiger partial charge on any atom is -0.495 e. The molecule has 0 aliphatic carbocycles. The van der Waals surface area contributed by atoms with Crippen molar-refractivity contribution in [1.82, 2.24) is 19.5 Å². The molecule has 0 bridgehead atoms. The molecule has 0 aliphatic rings. The first-order chi connectivity index (χ1) is 16.6. The van der Waals surface area contributed by atoms with E-state index in [4.69, 9.17) is 4.74 Å². The topological polar surface area (TPSA) is 73.1 Å². The molecular formula is C27H23FN4O2. The number of ether oxygens (including phenoxy) is 1. The lowest BCUT2D eigenvalue weighted by Crippen LogP contribution is -2.32. The number of aryl methyl sites for hydroxylation is 1. The second-order valence-corrected chi connectivity index (χ2v) is 8.01. The molecule has 170 valence electrons. The highest BCUT2D eigenvalue weighted by Gasteiger charge is 2.38. The quantitative estimate of drug-likeness (QED) is 0.399. The molecule has 3 heterocycles. The van der Waals surface area contributed by atoms with E-state index in [1.807, 2.05) is 49.5 Å². The predicted octanol–water partition coefficient (Wildman–Crippen LogP) is 4.79. The zero-order valence-corrected chi connectivity index (χ0v) is 18.8. The molecule has 5 aromatic rings. The second kappa shape index (κ2) is 8.68. The maximum Gasteiger partial charge on any atom is 0.173 e. The lowest BCUT2D eigenvalue weighted by atomic mass is 9.85. The van der Waals surface area contributed by atoms with E-state index in [-0.39, 0.29) is 0 Å². The molecule has 1 N–H and O–H groups in total. The first kappa shape index (κ1) is 21.7. The van der Waals surface area contributed by atoms with E-state index in [9.17, 15) is 9.50 Å². The summed E-state index contributed by atoms with van der Waals surface area (Å²) in [7, 11) is 3.38. The van der Waals surface area contributed by atoms with E-state index in [0.29, 0.717) is 44.9 Å². The van der Waals surface area contributed by atoms with Crippen LogP contribution in [0.5, 0.6) is 5.75 Å². The molecule has 3 aromatic heterocycles. The van der Waals surface area contributed by atoms with Crippen molar-refractivity contribution >= 4 is 10.9 Å². The number of pyridine rings is 2. The van der Waals surface area contributed by atoms with E-state index in [1.54, 1.807) is 54.7 Å². The number of alkyl halides is 1. The lowest BCUT2D eigenvalue weighted by Gasteiger charge is -2.29. The first-order valence-electron chi connectivity index (χ1n) is 10.8. The summed E-state index contributed by atoms with van der Waals surface area (Å²) < 4.78 is 21.6. The fourth-order valence-electron chi connectivity index (χ4n) is 4.43. The van der Waals surface area contributed by atoms with Crippen molar-refractivity contribution in [2.75, 3.05) is 7.11 Å². The summed E-state index contributed by atoms with van der Waals surface area (Å²) in [5.74, 6) is 0.499. The summed E-state index contributed by atoms with van der Waals surface area (Å²) in [6.45, 7) is -0.731. The smallest absolute Gasteiger partial charge is 0.173 e. The third-order valence-corrected chi connectivity index (χ3v) is 6.05. The van der Waals surface area contributed by atoms with Crippen LogP contribution >= 0.6 is 0 Å². The fraction of sp³-hybridized carbons (Fsp3) is 0.148. The van der Waals surface area contributed by atoms with Gasteiger partial charge >= 0.3 is 0 Å². The van der Waals surface area contributed by atoms with Crippen molar-refractivity contribution < 1.29 is 14.2 Å². The highest BCUT2D eigenvalue weighted by molar-refractivity contribution is 5.94. The van der Waals surface area contributed by atoms with E-state index in [0.717, 1.165) is 5.56 Å². The van der Waals surface area contributed by atoms with Crippen LogP contribution in [0.25, 0.3) is 22.0 Å². The van der Waals surface area contributed by atoms with Crippen LogP contribution in [0.3, 0.4) is 0 Å². The molecule has 34 heavy (non-hydrogen) atoms. The van der Waals surface area contributed by atoms with Crippen LogP contribution in [0.2, 0.25) is 0 Å². The van der Waals surface area contributed by atoms with Gasteiger partial charge in [-0.1, -0.05) is 42.5 Å². The van der Waals surface area contributed by atoms with Gasteiger partial charge in [0.25, 0.3) is 0 Å². The minimum atomic E-state index is -1.59. The Balaban J connectivity index is 1.82. The minimum absolute atomic E-state index is 0.301. The summed E-state index contributed by atoms with van der Waals surface area (Å²) in [6.07, 6.45) is 4.89. The van der Waals surface area contributed by atoms with Crippen LogP contribution in [0, 0.1) is 0 Å². The lowest BCUT2D eigenvalue weighted by molar-refractivity contribution is 0.113. The highest BCUT2D eigenvalue weighted by atomic mass is 19.1. The van der Waals surface area contributed by atoms with Gasteiger partial charge < -0.3 is 14.4 Å². The molecule has 0 aliphatic heterocycles. The van der Waals surface area contributed by atoms with Crippen LogP contribution < -0.4 is 4.74 Å². The number of hydrogen-bond donors (Lipinski definition) is 1. The third kappa shape index (κ3) is 3.41. The Morgan fingerprint density at radius 3 is 2.50 bits per heavy atom. The van der Waals surface area contributed by atoms with Crippen molar-refractivity contribution in [2.24, 2.45) is 7.05 Å². The van der Waals surface area contributed by atoms with E-state index in [1.165, 1.54) is 0 Å². The molecule has 7 heteroatoms. The third-order valence-electron chi connectivity index (χ3n) is 6.05. The predicted molar refractivity (Wildman–Crippen MR) is 128 cm³/mol. The largest absolute Gasteiger partial charge is 0.495 e. The van der Waals surface area contributed by atoms with Crippen molar-refractivity contribution in [3.05, 3.63) is 108 Å². The summed E-state index contributed by atoms with van der Waals surface area (Å²) in [5, 5.41) is 12.8. The van der Waals surface area contributed by atoms with E-state index in [2.05, 4.69) is 15.0 Å². The van der Waals surface area contributed by atoms with Gasteiger partial charge in [-0.15, -0.1) is 0 Å². The number of methoxy groups -OCH3 is 1. The standard InChI is InChI=1S/C27H23FN4O2/c1-32-17-29-16-24(32)27(33,23-10-6-7-13-30-23)19-11-12-21-20(14-19)26(34-2)25(22(15-28)31-21)18-8-4-3-5-9-18/h3-14,16-17,33H,15H2,1-2H3. The Kier molecular flexibility index (Phi) is 5.55. The zero-order chi connectivity index (χ0) is 23.7. The van der Waals surface area contributed by atoms with Gasteiger partial charge in [0, 0.05) is 24.2 Å². The van der Waals surface area contributed by atoms with E-state index < -0.39 is 12.3 Å². The molecule has 0 saturated carbocycles. The SMILES string of the molecule is COc1c(-c2ccccc2)c(CF)nc2ccc(C(O)(c3ccccn3)c3cncn3C)cc12. The molecule has 2 aromatic carbocycles. The van der Waals surface area contributed by atoms with Crippen LogP contribution in [0.15, 0.2) is 85.5 Å². The number of aliphatic hydroxyl groups is 1. The molecule has 0 fully saturated rings. The number of nitrogens with zero attached hydrogens (tertiary/aromatic N) is 4. The van der Waals surface area contributed by atoms with Gasteiger partial charge in [-0.05, 0) is 35.4 Å². The molecule has 0 radical (unpaired) electrons. The van der Waals surface area contributed by atoms with Gasteiger partial charge in [-0.25, -0.2) is 14.4 Å². The van der Waals surface area contributed by atoms with Gasteiger partial charge in [0.15, 0.2) is 5.60 Å². The van der Waals surface area contributed by atoms with Crippen LogP contribution in [-0.2, 0) is 19.3 Å². The van der Waals surface area contributed by atoms with Crippen LogP contribution in [0.1, 0.15) is 22.6 Å². The Morgan fingerprint density at radius 1 is 1.06 bits per heavy atom. The van der Waals surface area contributed by atoms with Crippen LogP contribution in [-0.4, -0.2) is 31.7 Å². The molecular weight excluding hydrogens is 431 g/mol. The Hall–Kier alpha value is -4.10. The Labute approximate surface area is 196 Å². The number of aromatic nitrogens is 4. The maximum absolute atomic E-state index is 14.1. The van der Waals surface area contributed by atoms with Crippen molar-refractivity contribution in [3.63, 3.8) is 0 Å². The summed E-state index contributed by atoms with van der Waals surface area (Å²) in [4.78, 5) is 13.2. The molecule has 0 amide bonds.